The third-order valence-electron chi connectivity index (χ3n) is 4.01. The average molecular weight is 312 g/mol. The van der Waals surface area contributed by atoms with Gasteiger partial charge < -0.3 is 4.74 Å². The Kier molecular flexibility index (Phi) is 5.24. The molecule has 118 valence electrons. The Balaban J connectivity index is 2.09. The normalized spacial score (nSPS) is 19.4. The Morgan fingerprint density at radius 3 is 2.52 bits per heavy atom. The van der Waals surface area contributed by atoms with E-state index in [9.17, 15) is 8.42 Å². The molecule has 5 nitrogen and oxygen atoms in total. The lowest BCUT2D eigenvalue weighted by Crippen LogP contribution is -2.45. The minimum Gasteiger partial charge on any atom is -0.496 e. The zero-order chi connectivity index (χ0) is 15.5. The van der Waals surface area contributed by atoms with Crippen LogP contribution in [0.2, 0.25) is 0 Å². The van der Waals surface area contributed by atoms with Crippen molar-refractivity contribution in [2.75, 3.05) is 20.2 Å². The molecule has 6 heteroatoms. The number of hydrogen-bond acceptors (Lipinski definition) is 3. The van der Waals surface area contributed by atoms with Crippen LogP contribution in [-0.2, 0) is 10.2 Å². The quantitative estimate of drug-likeness (QED) is 0.908. The fourth-order valence-corrected chi connectivity index (χ4v) is 4.03. The molecule has 21 heavy (non-hydrogen) atoms. The molecule has 1 fully saturated rings. The van der Waals surface area contributed by atoms with Crippen LogP contribution in [0, 0.1) is 5.92 Å². The highest BCUT2D eigenvalue weighted by Gasteiger charge is 2.28. The van der Waals surface area contributed by atoms with E-state index < -0.39 is 10.2 Å². The summed E-state index contributed by atoms with van der Waals surface area (Å²) in [6.45, 7) is 5.18. The van der Waals surface area contributed by atoms with Gasteiger partial charge in [0.05, 0.1) is 7.11 Å². The Hall–Kier alpha value is -1.11. The fraction of sp³-hybridized carbons (Fsp3) is 0.600. The van der Waals surface area contributed by atoms with Gasteiger partial charge in [-0.25, -0.2) is 0 Å². The van der Waals surface area contributed by atoms with Crippen LogP contribution in [0.15, 0.2) is 24.3 Å². The number of benzene rings is 1. The van der Waals surface area contributed by atoms with E-state index in [0.29, 0.717) is 24.8 Å². The number of rotatable bonds is 5. The molecular formula is C15H24N2O3S. The van der Waals surface area contributed by atoms with Gasteiger partial charge in [0.2, 0.25) is 0 Å². The van der Waals surface area contributed by atoms with E-state index in [-0.39, 0.29) is 6.04 Å². The minimum absolute atomic E-state index is 0.328. The average Bonchev–Trinajstić information content (AvgIpc) is 2.47. The highest BCUT2D eigenvalue weighted by atomic mass is 32.2. The summed E-state index contributed by atoms with van der Waals surface area (Å²) in [5.74, 6) is 1.29. The second-order valence-corrected chi connectivity index (χ2v) is 7.37. The van der Waals surface area contributed by atoms with Crippen LogP contribution in [0.4, 0.5) is 0 Å². The second-order valence-electron chi connectivity index (χ2n) is 5.67. The van der Waals surface area contributed by atoms with E-state index in [0.717, 1.165) is 18.4 Å². The molecule has 0 aromatic heterocycles. The summed E-state index contributed by atoms with van der Waals surface area (Å²) < 4.78 is 34.5. The third kappa shape index (κ3) is 3.96. The maximum Gasteiger partial charge on any atom is 0.279 e. The van der Waals surface area contributed by atoms with Crippen molar-refractivity contribution < 1.29 is 13.2 Å². The van der Waals surface area contributed by atoms with Crippen molar-refractivity contribution in [1.29, 1.82) is 0 Å². The number of methoxy groups -OCH3 is 1. The topological polar surface area (TPSA) is 58.6 Å². The van der Waals surface area contributed by atoms with E-state index in [2.05, 4.69) is 11.6 Å². The summed E-state index contributed by atoms with van der Waals surface area (Å²) in [7, 11) is -1.86. The van der Waals surface area contributed by atoms with Gasteiger partial charge in [0.25, 0.3) is 10.2 Å². The Morgan fingerprint density at radius 1 is 1.29 bits per heavy atom. The summed E-state index contributed by atoms with van der Waals surface area (Å²) in [4.78, 5) is 0. The predicted molar refractivity (Wildman–Crippen MR) is 83.4 cm³/mol. The number of hydrogen-bond donors (Lipinski definition) is 1. The number of ether oxygens (including phenoxy) is 1. The molecule has 0 radical (unpaired) electrons. The molecule has 1 aliphatic heterocycles. The molecular weight excluding hydrogens is 288 g/mol. The minimum atomic E-state index is -3.45. The van der Waals surface area contributed by atoms with E-state index in [1.165, 1.54) is 0 Å². The standard InChI is InChI=1S/C15H24N2O3S/c1-12-8-10-17(11-9-12)21(18,19)16-13(2)14-6-4-5-7-15(14)20-3/h4-7,12-13,16H,8-11H2,1-3H3. The molecule has 0 amide bonds. The van der Waals surface area contributed by atoms with Gasteiger partial charge in [-0.2, -0.15) is 17.4 Å². The van der Waals surface area contributed by atoms with Crippen molar-refractivity contribution in [3.63, 3.8) is 0 Å². The van der Waals surface area contributed by atoms with Gasteiger partial charge in [-0.3, -0.25) is 0 Å². The summed E-state index contributed by atoms with van der Waals surface area (Å²) in [5.41, 5.74) is 0.842. The Morgan fingerprint density at radius 2 is 1.90 bits per heavy atom. The molecule has 0 saturated carbocycles. The SMILES string of the molecule is COc1ccccc1C(C)NS(=O)(=O)N1CCC(C)CC1. The monoisotopic (exact) mass is 312 g/mol. The predicted octanol–water partition coefficient (Wildman–Crippen LogP) is 2.32. The van der Waals surface area contributed by atoms with Crippen LogP contribution in [0.5, 0.6) is 5.75 Å². The first-order valence-electron chi connectivity index (χ1n) is 7.34. The van der Waals surface area contributed by atoms with Gasteiger partial charge in [0, 0.05) is 24.7 Å². The van der Waals surface area contributed by atoms with Crippen molar-refractivity contribution in [2.45, 2.75) is 32.7 Å². The summed E-state index contributed by atoms with van der Waals surface area (Å²) in [6, 6.07) is 7.14. The van der Waals surface area contributed by atoms with Crippen LogP contribution >= 0.6 is 0 Å². The summed E-state index contributed by atoms with van der Waals surface area (Å²) in [6.07, 6.45) is 1.84. The highest BCUT2D eigenvalue weighted by Crippen LogP contribution is 2.26. The van der Waals surface area contributed by atoms with E-state index >= 15 is 0 Å². The zero-order valence-corrected chi connectivity index (χ0v) is 13.7. The number of piperidine rings is 1. The van der Waals surface area contributed by atoms with Gasteiger partial charge in [-0.1, -0.05) is 25.1 Å². The van der Waals surface area contributed by atoms with Crippen molar-refractivity contribution in [3.8, 4) is 5.75 Å². The van der Waals surface area contributed by atoms with Gasteiger partial charge in [-0.15, -0.1) is 0 Å². The van der Waals surface area contributed by atoms with Crippen molar-refractivity contribution >= 4 is 10.2 Å². The first kappa shape index (κ1) is 16.3. The van der Waals surface area contributed by atoms with Crippen LogP contribution in [0.25, 0.3) is 0 Å². The van der Waals surface area contributed by atoms with Gasteiger partial charge in [-0.05, 0) is 31.7 Å². The van der Waals surface area contributed by atoms with Gasteiger partial charge >= 0.3 is 0 Å². The van der Waals surface area contributed by atoms with Crippen molar-refractivity contribution in [3.05, 3.63) is 29.8 Å². The lowest BCUT2D eigenvalue weighted by atomic mass is 10.0. The van der Waals surface area contributed by atoms with Crippen LogP contribution in [0.3, 0.4) is 0 Å². The molecule has 1 aliphatic rings. The molecule has 1 N–H and O–H groups in total. The van der Waals surface area contributed by atoms with Crippen LogP contribution in [-0.4, -0.2) is 32.9 Å². The summed E-state index contributed by atoms with van der Waals surface area (Å²) in [5, 5.41) is 0. The largest absolute Gasteiger partial charge is 0.496 e. The maximum atomic E-state index is 12.4. The molecule has 1 aromatic carbocycles. The molecule has 1 atom stereocenters. The fourth-order valence-electron chi connectivity index (χ4n) is 2.61. The lowest BCUT2D eigenvalue weighted by molar-refractivity contribution is 0.283. The number of nitrogens with one attached hydrogen (secondary N) is 1. The molecule has 1 heterocycles. The molecule has 0 spiro atoms. The Labute approximate surface area is 127 Å². The third-order valence-corrected chi connectivity index (χ3v) is 5.71. The molecule has 2 rings (SSSR count). The van der Waals surface area contributed by atoms with Gasteiger partial charge in [0.15, 0.2) is 0 Å². The van der Waals surface area contributed by atoms with E-state index in [1.807, 2.05) is 31.2 Å². The van der Waals surface area contributed by atoms with Crippen LogP contribution < -0.4 is 9.46 Å². The molecule has 0 aliphatic carbocycles. The van der Waals surface area contributed by atoms with Crippen molar-refractivity contribution in [1.82, 2.24) is 9.03 Å². The smallest absolute Gasteiger partial charge is 0.279 e. The van der Waals surface area contributed by atoms with E-state index in [1.54, 1.807) is 11.4 Å². The van der Waals surface area contributed by atoms with Crippen LogP contribution in [0.1, 0.15) is 38.3 Å². The maximum absolute atomic E-state index is 12.4. The molecule has 1 unspecified atom stereocenters. The summed E-state index contributed by atoms with van der Waals surface area (Å²) >= 11 is 0. The molecule has 0 bridgehead atoms. The second kappa shape index (κ2) is 6.77. The van der Waals surface area contributed by atoms with E-state index in [4.69, 9.17) is 4.74 Å². The number of nitrogens with zero attached hydrogens (tertiary/aromatic N) is 1. The van der Waals surface area contributed by atoms with Crippen molar-refractivity contribution in [2.24, 2.45) is 5.92 Å². The zero-order valence-electron chi connectivity index (χ0n) is 12.9. The van der Waals surface area contributed by atoms with Gasteiger partial charge in [0.1, 0.15) is 5.75 Å². The first-order valence-corrected chi connectivity index (χ1v) is 8.78. The molecule has 1 aromatic rings. The highest BCUT2D eigenvalue weighted by molar-refractivity contribution is 7.87. The molecule has 1 saturated heterocycles. The Bertz CT molecular complexity index is 566. The first-order chi connectivity index (χ1) is 9.94. The lowest BCUT2D eigenvalue weighted by Gasteiger charge is -2.30. The number of para-hydroxylation sites is 1.